The first-order chi connectivity index (χ1) is 3.27. The summed E-state index contributed by atoms with van der Waals surface area (Å²) >= 11 is 1.42. The number of hydrogen-bond donors (Lipinski definition) is 3. The van der Waals surface area contributed by atoms with Crippen LogP contribution in [0.5, 0.6) is 0 Å². The van der Waals surface area contributed by atoms with E-state index in [0.29, 0.717) is 0 Å². The van der Waals surface area contributed by atoms with Gasteiger partial charge < -0.3 is 35.0 Å². The molecule has 0 heterocycles. The number of aliphatic hydroxyl groups is 2. The van der Waals surface area contributed by atoms with Crippen LogP contribution in [0.3, 0.4) is 0 Å². The fourth-order valence-corrected chi connectivity index (χ4v) is 0. The summed E-state index contributed by atoms with van der Waals surface area (Å²) in [6.07, 6.45) is -0.560. The second kappa shape index (κ2) is 23.0. The van der Waals surface area contributed by atoms with Gasteiger partial charge in [-0.25, -0.2) is 0 Å². The van der Waals surface area contributed by atoms with E-state index in [9.17, 15) is 0 Å². The predicted octanol–water partition coefficient (Wildman–Crippen LogP) is -7.57. The zero-order valence-electron chi connectivity index (χ0n) is 4.96. The average Bonchev–Trinajstić information content (AvgIpc) is 1.73. The van der Waals surface area contributed by atoms with E-state index in [0.717, 1.165) is 0 Å². The minimum absolute atomic E-state index is 0. The first-order valence-corrected chi connectivity index (χ1v) is 2.33. The molecule has 1 unspecified atom stereocenters. The van der Waals surface area contributed by atoms with E-state index in [1.54, 1.807) is 0 Å². The second-order valence-electron chi connectivity index (χ2n) is 1.03. The monoisotopic (exact) mass is 190 g/mol. The summed E-state index contributed by atoms with van der Waals surface area (Å²) < 4.78 is 6.92. The van der Waals surface area contributed by atoms with E-state index in [-0.39, 0.29) is 31.4 Å². The summed E-state index contributed by atoms with van der Waals surface area (Å²) in [6.45, 7) is 1.39. The Balaban J connectivity index is -0.0000000286. The topological polar surface area (TPSA) is 60.7 Å². The van der Waals surface area contributed by atoms with Gasteiger partial charge in [0.05, 0.1) is 12.7 Å². The molecule has 0 saturated heterocycles. The Morgan fingerprint density at radius 2 is 1.44 bits per heavy atom. The van der Waals surface area contributed by atoms with E-state index in [4.69, 9.17) is 14.4 Å². The third kappa shape index (κ3) is 49.1. The number of aliphatic hydroxyl groups excluding tert-OH is 2. The Kier molecular flexibility index (Phi) is 57.6. The van der Waals surface area contributed by atoms with Crippen LogP contribution in [0.25, 0.3) is 0 Å². The van der Waals surface area contributed by atoms with Gasteiger partial charge in [0, 0.05) is 0 Å². The van der Waals surface area contributed by atoms with Crippen molar-refractivity contribution in [2.75, 3.05) is 6.61 Å². The molecule has 0 aliphatic carbocycles. The molecule has 3 N–H and O–H groups in total. The molecule has 0 amide bonds. The summed E-state index contributed by atoms with van der Waals surface area (Å²) in [5.41, 5.74) is 0. The van der Waals surface area contributed by atoms with E-state index < -0.39 is 6.10 Å². The fourth-order valence-electron chi connectivity index (χ4n) is 0. The zero-order chi connectivity index (χ0) is 6.28. The maximum absolute atomic E-state index is 8.11. The molecular formula is C3H9AlCl2O3. The van der Waals surface area contributed by atoms with Gasteiger partial charge in [-0.3, -0.25) is 0 Å². The summed E-state index contributed by atoms with van der Waals surface area (Å²) in [5.74, 6) is 0. The molecule has 1 atom stereocenters. The molecule has 0 spiro atoms. The maximum atomic E-state index is 8.11. The van der Waals surface area contributed by atoms with Gasteiger partial charge in [-0.15, -0.1) is 0 Å². The van der Waals surface area contributed by atoms with Crippen molar-refractivity contribution >= 4 is 16.6 Å². The van der Waals surface area contributed by atoms with Crippen LogP contribution >= 0.6 is 0 Å². The van der Waals surface area contributed by atoms with E-state index in [1.165, 1.54) is 23.5 Å². The Labute approximate surface area is 75.7 Å². The van der Waals surface area contributed by atoms with E-state index >= 15 is 0 Å². The van der Waals surface area contributed by atoms with Crippen molar-refractivity contribution in [2.45, 2.75) is 13.0 Å². The van der Waals surface area contributed by atoms with Gasteiger partial charge in [0.15, 0.2) is 0 Å². The molecule has 0 saturated carbocycles. The van der Waals surface area contributed by atoms with Gasteiger partial charge in [0.1, 0.15) is 0 Å². The Morgan fingerprint density at radius 1 is 1.33 bits per heavy atom. The summed E-state index contributed by atoms with van der Waals surface area (Å²) in [6, 6.07) is 0. The molecular weight excluding hydrogens is 182 g/mol. The Bertz CT molecular complexity index is 31.0. The Hall–Kier alpha value is 0.992. The van der Waals surface area contributed by atoms with Gasteiger partial charge >= 0.3 is 20.8 Å². The molecule has 0 aromatic heterocycles. The second-order valence-corrected chi connectivity index (χ2v) is 1.03. The van der Waals surface area contributed by atoms with Crippen LogP contribution in [-0.4, -0.2) is 43.7 Å². The van der Waals surface area contributed by atoms with Crippen molar-refractivity contribution in [1.82, 2.24) is 0 Å². The first-order valence-electron chi connectivity index (χ1n) is 1.82. The van der Waals surface area contributed by atoms with Crippen molar-refractivity contribution in [3.8, 4) is 0 Å². The van der Waals surface area contributed by atoms with Gasteiger partial charge in [-0.1, -0.05) is 0 Å². The molecule has 0 bridgehead atoms. The SMILES string of the molecule is CC(O)CO.[Cl-].[Cl-].[OH][Al+2]. The van der Waals surface area contributed by atoms with Crippen LogP contribution in [-0.2, 0) is 0 Å². The standard InChI is InChI=1S/C3H8O2.Al.2ClH.H2O/c1-3(5)2-4;;;;/h3-5H,2H2,1H3;;2*1H;1H2/q;+3;;;/p-3. The molecule has 56 valence electrons. The molecule has 0 aromatic carbocycles. The van der Waals surface area contributed by atoms with Crippen LogP contribution in [0.1, 0.15) is 6.92 Å². The molecule has 0 aliphatic heterocycles. The van der Waals surface area contributed by atoms with Crippen LogP contribution < -0.4 is 24.8 Å². The normalized spacial score (nSPS) is 9.11. The molecule has 0 rings (SSSR count). The van der Waals surface area contributed by atoms with Crippen LogP contribution in [0.15, 0.2) is 0 Å². The number of rotatable bonds is 1. The number of halogens is 2. The van der Waals surface area contributed by atoms with E-state index in [2.05, 4.69) is 0 Å². The van der Waals surface area contributed by atoms with Crippen LogP contribution in [0.4, 0.5) is 0 Å². The van der Waals surface area contributed by atoms with Crippen molar-refractivity contribution in [2.24, 2.45) is 0 Å². The summed E-state index contributed by atoms with van der Waals surface area (Å²) in [5, 5.41) is 16.0. The summed E-state index contributed by atoms with van der Waals surface area (Å²) in [7, 11) is 0. The first kappa shape index (κ1) is 22.5. The van der Waals surface area contributed by atoms with Gasteiger partial charge in [-0.2, -0.15) is 0 Å². The van der Waals surface area contributed by atoms with Crippen molar-refractivity contribution in [1.29, 1.82) is 0 Å². The molecule has 0 fully saturated rings. The third-order valence-corrected chi connectivity index (χ3v) is 0.264. The third-order valence-electron chi connectivity index (χ3n) is 0.264. The quantitative estimate of drug-likeness (QED) is 0.361. The molecule has 0 radical (unpaired) electrons. The van der Waals surface area contributed by atoms with Gasteiger partial charge in [-0.05, 0) is 6.92 Å². The van der Waals surface area contributed by atoms with Crippen molar-refractivity contribution < 1.29 is 39.2 Å². The zero-order valence-corrected chi connectivity index (χ0v) is 7.63. The number of hydrogen-bond acceptors (Lipinski definition) is 3. The summed E-state index contributed by atoms with van der Waals surface area (Å²) in [4.78, 5) is 0. The van der Waals surface area contributed by atoms with Gasteiger partial charge in [0.25, 0.3) is 0 Å². The molecule has 0 aliphatic rings. The Morgan fingerprint density at radius 3 is 1.44 bits per heavy atom. The molecule has 3 nitrogen and oxygen atoms in total. The van der Waals surface area contributed by atoms with Crippen LogP contribution in [0.2, 0.25) is 0 Å². The molecule has 9 heavy (non-hydrogen) atoms. The van der Waals surface area contributed by atoms with E-state index in [1.807, 2.05) is 0 Å². The van der Waals surface area contributed by atoms with Crippen molar-refractivity contribution in [3.63, 3.8) is 0 Å². The van der Waals surface area contributed by atoms with Crippen LogP contribution in [0, 0.1) is 0 Å². The fraction of sp³-hybridized carbons (Fsp3) is 1.00. The predicted molar refractivity (Wildman–Crippen MR) is 26.7 cm³/mol. The van der Waals surface area contributed by atoms with Gasteiger partial charge in [0.2, 0.25) is 0 Å². The average molecular weight is 191 g/mol. The van der Waals surface area contributed by atoms with Crippen molar-refractivity contribution in [3.05, 3.63) is 0 Å². The molecule has 0 aromatic rings. The molecule has 6 heteroatoms. The minimum atomic E-state index is -0.560.